The fourth-order valence-corrected chi connectivity index (χ4v) is 2.24. The summed E-state index contributed by atoms with van der Waals surface area (Å²) in [5, 5.41) is 3.59. The Balaban J connectivity index is 2.79. The maximum absolute atomic E-state index is 3.59. The number of hydrogen-bond acceptors (Lipinski definition) is 2. The van der Waals surface area contributed by atoms with Gasteiger partial charge in [0.25, 0.3) is 0 Å². The van der Waals surface area contributed by atoms with E-state index in [0.717, 1.165) is 19.5 Å². The van der Waals surface area contributed by atoms with Gasteiger partial charge in [-0.25, -0.2) is 0 Å². The van der Waals surface area contributed by atoms with E-state index in [1.54, 1.807) is 0 Å². The average Bonchev–Trinajstić information content (AvgIpc) is 2.33. The van der Waals surface area contributed by atoms with Crippen LogP contribution in [0.5, 0.6) is 0 Å². The van der Waals surface area contributed by atoms with Crippen LogP contribution >= 0.6 is 0 Å². The van der Waals surface area contributed by atoms with Gasteiger partial charge in [0.15, 0.2) is 0 Å². The second-order valence-corrected chi connectivity index (χ2v) is 6.57. The van der Waals surface area contributed by atoms with Crippen molar-refractivity contribution in [1.82, 2.24) is 10.2 Å². The Bertz CT molecular complexity index is 360. The molecule has 0 heterocycles. The maximum Gasteiger partial charge on any atom is 0.0332 e. The summed E-state index contributed by atoms with van der Waals surface area (Å²) >= 11 is 0. The van der Waals surface area contributed by atoms with E-state index in [0.29, 0.717) is 6.04 Å². The Labute approximate surface area is 119 Å². The third-order valence-electron chi connectivity index (χ3n) is 3.49. The van der Waals surface area contributed by atoms with Crippen molar-refractivity contribution in [3.63, 3.8) is 0 Å². The molecule has 0 bridgehead atoms. The van der Waals surface area contributed by atoms with E-state index < -0.39 is 0 Å². The minimum absolute atomic E-state index is 0.232. The highest BCUT2D eigenvalue weighted by Gasteiger charge is 2.15. The van der Waals surface area contributed by atoms with Crippen molar-refractivity contribution >= 4 is 0 Å². The molecule has 108 valence electrons. The van der Waals surface area contributed by atoms with E-state index >= 15 is 0 Å². The first-order chi connectivity index (χ1) is 8.84. The van der Waals surface area contributed by atoms with Crippen molar-refractivity contribution < 1.29 is 0 Å². The van der Waals surface area contributed by atoms with Crippen LogP contribution in [0.3, 0.4) is 0 Å². The van der Waals surface area contributed by atoms with Crippen LogP contribution in [0.1, 0.15) is 51.3 Å². The summed E-state index contributed by atoms with van der Waals surface area (Å²) in [5.41, 5.74) is 3.03. The number of hydrogen-bond donors (Lipinski definition) is 1. The molecule has 2 heteroatoms. The zero-order valence-electron chi connectivity index (χ0n) is 13.5. The first-order valence-electron chi connectivity index (χ1n) is 7.33. The van der Waals surface area contributed by atoms with E-state index in [4.69, 9.17) is 0 Å². The van der Waals surface area contributed by atoms with Gasteiger partial charge in [0.05, 0.1) is 0 Å². The minimum Gasteiger partial charge on any atom is -0.310 e. The van der Waals surface area contributed by atoms with Crippen LogP contribution in [0.25, 0.3) is 0 Å². The molecule has 0 aliphatic rings. The van der Waals surface area contributed by atoms with Crippen molar-refractivity contribution in [2.75, 3.05) is 27.2 Å². The molecule has 1 aromatic carbocycles. The molecular formula is C17H30N2. The van der Waals surface area contributed by atoms with Gasteiger partial charge in [0.2, 0.25) is 0 Å². The molecule has 0 saturated carbocycles. The monoisotopic (exact) mass is 262 g/mol. The number of benzene rings is 1. The van der Waals surface area contributed by atoms with Crippen molar-refractivity contribution in [3.05, 3.63) is 35.4 Å². The summed E-state index contributed by atoms with van der Waals surface area (Å²) in [7, 11) is 4.26. The fraction of sp³-hybridized carbons (Fsp3) is 0.647. The van der Waals surface area contributed by atoms with Crippen LogP contribution in [0.2, 0.25) is 0 Å². The Morgan fingerprint density at radius 2 is 1.68 bits per heavy atom. The SMILES string of the molecule is CCNC(CCN(C)C)c1ccc(C(C)(C)C)cc1. The molecule has 2 nitrogen and oxygen atoms in total. The largest absolute Gasteiger partial charge is 0.310 e. The van der Waals surface area contributed by atoms with Gasteiger partial charge in [-0.05, 0) is 50.1 Å². The predicted octanol–water partition coefficient (Wildman–Crippen LogP) is 3.59. The highest BCUT2D eigenvalue weighted by atomic mass is 15.1. The van der Waals surface area contributed by atoms with E-state index in [-0.39, 0.29) is 5.41 Å². The molecule has 0 aliphatic heterocycles. The second kappa shape index (κ2) is 7.06. The molecule has 0 amide bonds. The van der Waals surface area contributed by atoms with Gasteiger partial charge < -0.3 is 10.2 Å². The lowest BCUT2D eigenvalue weighted by molar-refractivity contribution is 0.363. The summed E-state index contributed by atoms with van der Waals surface area (Å²) in [4.78, 5) is 2.24. The average molecular weight is 262 g/mol. The summed E-state index contributed by atoms with van der Waals surface area (Å²) in [5.74, 6) is 0. The molecule has 0 radical (unpaired) electrons. The smallest absolute Gasteiger partial charge is 0.0332 e. The highest BCUT2D eigenvalue weighted by molar-refractivity contribution is 5.29. The highest BCUT2D eigenvalue weighted by Crippen LogP contribution is 2.25. The van der Waals surface area contributed by atoms with Gasteiger partial charge in [0, 0.05) is 6.04 Å². The van der Waals surface area contributed by atoms with Gasteiger partial charge in [-0.15, -0.1) is 0 Å². The molecule has 1 atom stereocenters. The van der Waals surface area contributed by atoms with Gasteiger partial charge in [-0.2, -0.15) is 0 Å². The zero-order chi connectivity index (χ0) is 14.5. The molecule has 0 aromatic heterocycles. The van der Waals surface area contributed by atoms with Crippen LogP contribution in [0.4, 0.5) is 0 Å². The fourth-order valence-electron chi connectivity index (χ4n) is 2.24. The molecule has 0 fully saturated rings. The van der Waals surface area contributed by atoms with Gasteiger partial charge in [-0.1, -0.05) is 52.0 Å². The topological polar surface area (TPSA) is 15.3 Å². The predicted molar refractivity (Wildman–Crippen MR) is 84.7 cm³/mol. The van der Waals surface area contributed by atoms with Crippen molar-refractivity contribution in [3.8, 4) is 0 Å². The lowest BCUT2D eigenvalue weighted by Crippen LogP contribution is -2.25. The van der Waals surface area contributed by atoms with Crippen LogP contribution in [0, 0.1) is 0 Å². The Morgan fingerprint density at radius 1 is 1.11 bits per heavy atom. The van der Waals surface area contributed by atoms with Gasteiger partial charge in [0.1, 0.15) is 0 Å². The quantitative estimate of drug-likeness (QED) is 0.843. The summed E-state index contributed by atoms with van der Waals surface area (Å²) in [6.07, 6.45) is 1.15. The minimum atomic E-state index is 0.232. The van der Waals surface area contributed by atoms with Gasteiger partial charge >= 0.3 is 0 Å². The molecule has 0 aliphatic carbocycles. The van der Waals surface area contributed by atoms with Crippen molar-refractivity contribution in [1.29, 1.82) is 0 Å². The summed E-state index contributed by atoms with van der Waals surface area (Å²) in [6, 6.07) is 9.57. The van der Waals surface area contributed by atoms with E-state index in [9.17, 15) is 0 Å². The first kappa shape index (κ1) is 16.2. The Morgan fingerprint density at radius 3 is 2.11 bits per heavy atom. The Kier molecular flexibility index (Phi) is 6.02. The number of rotatable bonds is 6. The lowest BCUT2D eigenvalue weighted by atomic mass is 9.86. The third-order valence-corrected chi connectivity index (χ3v) is 3.49. The van der Waals surface area contributed by atoms with Crippen LogP contribution in [-0.2, 0) is 5.41 Å². The first-order valence-corrected chi connectivity index (χ1v) is 7.33. The van der Waals surface area contributed by atoms with E-state index in [1.165, 1.54) is 11.1 Å². The molecule has 0 spiro atoms. The number of nitrogens with one attached hydrogen (secondary N) is 1. The van der Waals surface area contributed by atoms with Crippen LogP contribution in [0.15, 0.2) is 24.3 Å². The Hall–Kier alpha value is -0.860. The molecule has 1 aromatic rings. The standard InChI is InChI=1S/C17H30N2/c1-7-18-16(12-13-19(5)6)14-8-10-15(11-9-14)17(2,3)4/h8-11,16,18H,7,12-13H2,1-6H3. The normalized spacial score (nSPS) is 13.8. The van der Waals surface area contributed by atoms with Crippen molar-refractivity contribution in [2.45, 2.75) is 45.6 Å². The van der Waals surface area contributed by atoms with Crippen molar-refractivity contribution in [2.24, 2.45) is 0 Å². The van der Waals surface area contributed by atoms with Crippen LogP contribution < -0.4 is 5.32 Å². The molecule has 1 unspecified atom stereocenters. The maximum atomic E-state index is 3.59. The zero-order valence-corrected chi connectivity index (χ0v) is 13.5. The molecule has 1 N–H and O–H groups in total. The molecule has 19 heavy (non-hydrogen) atoms. The summed E-state index contributed by atoms with van der Waals surface area (Å²) in [6.45, 7) is 11.1. The number of nitrogens with zero attached hydrogens (tertiary/aromatic N) is 1. The molecule has 0 saturated heterocycles. The second-order valence-electron chi connectivity index (χ2n) is 6.57. The van der Waals surface area contributed by atoms with Crippen LogP contribution in [-0.4, -0.2) is 32.1 Å². The lowest BCUT2D eigenvalue weighted by Gasteiger charge is -2.23. The molecule has 1 rings (SSSR count). The summed E-state index contributed by atoms with van der Waals surface area (Å²) < 4.78 is 0. The van der Waals surface area contributed by atoms with Gasteiger partial charge in [-0.3, -0.25) is 0 Å². The van der Waals surface area contributed by atoms with E-state index in [2.05, 4.69) is 76.3 Å². The molecular weight excluding hydrogens is 232 g/mol. The third kappa shape index (κ3) is 5.33. The van der Waals surface area contributed by atoms with E-state index in [1.807, 2.05) is 0 Å².